The summed E-state index contributed by atoms with van der Waals surface area (Å²) < 4.78 is 10.7. The van der Waals surface area contributed by atoms with Crippen molar-refractivity contribution < 1.29 is 14.3 Å². The van der Waals surface area contributed by atoms with E-state index < -0.39 is 0 Å². The molecule has 1 N–H and O–H groups in total. The van der Waals surface area contributed by atoms with Gasteiger partial charge < -0.3 is 19.7 Å². The van der Waals surface area contributed by atoms with Crippen LogP contribution in [0.3, 0.4) is 0 Å². The predicted molar refractivity (Wildman–Crippen MR) is 86.9 cm³/mol. The van der Waals surface area contributed by atoms with E-state index in [1.54, 1.807) is 7.11 Å². The van der Waals surface area contributed by atoms with Crippen LogP contribution in [0.5, 0.6) is 0 Å². The second-order valence-electron chi connectivity index (χ2n) is 6.07. The van der Waals surface area contributed by atoms with Gasteiger partial charge in [-0.25, -0.2) is 4.79 Å². The molecule has 122 valence electrons. The Labute approximate surface area is 132 Å². The number of benzene rings is 1. The lowest BCUT2D eigenvalue weighted by Crippen LogP contribution is -2.50. The number of methoxy groups -OCH3 is 1. The van der Waals surface area contributed by atoms with Crippen LogP contribution in [0.2, 0.25) is 0 Å². The number of morpholine rings is 1. The van der Waals surface area contributed by atoms with Crippen LogP contribution >= 0.6 is 0 Å². The number of ether oxygens (including phenoxy) is 2. The number of nitrogens with zero attached hydrogens (tertiary/aromatic N) is 1. The molecule has 1 fully saturated rings. The van der Waals surface area contributed by atoms with Crippen LogP contribution in [0.25, 0.3) is 0 Å². The highest BCUT2D eigenvalue weighted by Crippen LogP contribution is 2.20. The number of carbonyl (C=O) groups is 1. The maximum atomic E-state index is 12.6. The molecule has 1 saturated heterocycles. The molecule has 1 aliphatic heterocycles. The smallest absolute Gasteiger partial charge is 0.322 e. The molecule has 0 aromatic heterocycles. The maximum Gasteiger partial charge on any atom is 0.322 e. The minimum atomic E-state index is -0.0579. The van der Waals surface area contributed by atoms with Gasteiger partial charge in [0.15, 0.2) is 0 Å². The highest BCUT2D eigenvalue weighted by Gasteiger charge is 2.28. The Morgan fingerprint density at radius 3 is 2.95 bits per heavy atom. The van der Waals surface area contributed by atoms with Gasteiger partial charge in [0.2, 0.25) is 0 Å². The molecule has 1 aromatic carbocycles. The first-order valence-electron chi connectivity index (χ1n) is 7.84. The molecule has 0 aliphatic carbocycles. The van der Waals surface area contributed by atoms with E-state index in [4.69, 9.17) is 9.47 Å². The van der Waals surface area contributed by atoms with Gasteiger partial charge in [-0.05, 0) is 18.4 Å². The maximum absolute atomic E-state index is 12.6. The minimum Gasteiger partial charge on any atom is -0.380 e. The monoisotopic (exact) mass is 306 g/mol. The number of rotatable bonds is 5. The first-order valence-corrected chi connectivity index (χ1v) is 7.84. The van der Waals surface area contributed by atoms with Gasteiger partial charge in [-0.1, -0.05) is 32.0 Å². The summed E-state index contributed by atoms with van der Waals surface area (Å²) in [6.07, 6.45) is 0.952. The van der Waals surface area contributed by atoms with E-state index in [-0.39, 0.29) is 12.1 Å². The SMILES string of the molecule is COCc1ccccc1NC(=O)N1CCOC[C@@H]1CC(C)C. The third-order valence-electron chi connectivity index (χ3n) is 3.79. The third kappa shape index (κ3) is 4.45. The molecule has 0 spiro atoms. The molecule has 1 atom stereocenters. The highest BCUT2D eigenvalue weighted by molar-refractivity contribution is 5.90. The summed E-state index contributed by atoms with van der Waals surface area (Å²) in [5.74, 6) is 0.530. The van der Waals surface area contributed by atoms with Crippen LogP contribution in [0.4, 0.5) is 10.5 Å². The van der Waals surface area contributed by atoms with E-state index in [2.05, 4.69) is 19.2 Å². The number of hydrogen-bond acceptors (Lipinski definition) is 3. The van der Waals surface area contributed by atoms with Gasteiger partial charge in [-0.3, -0.25) is 0 Å². The Kier molecular flexibility index (Phi) is 6.21. The van der Waals surface area contributed by atoms with E-state index in [0.29, 0.717) is 32.3 Å². The van der Waals surface area contributed by atoms with Gasteiger partial charge in [0.25, 0.3) is 0 Å². The first kappa shape index (κ1) is 16.8. The molecule has 0 unspecified atom stereocenters. The van der Waals surface area contributed by atoms with Crippen LogP contribution < -0.4 is 5.32 Å². The summed E-state index contributed by atoms with van der Waals surface area (Å²) in [4.78, 5) is 14.5. The summed E-state index contributed by atoms with van der Waals surface area (Å²) in [5, 5.41) is 3.02. The second kappa shape index (κ2) is 8.15. The number of hydrogen-bond donors (Lipinski definition) is 1. The van der Waals surface area contributed by atoms with E-state index in [9.17, 15) is 4.79 Å². The number of para-hydroxylation sites is 1. The zero-order chi connectivity index (χ0) is 15.9. The molecule has 1 aromatic rings. The molecule has 0 radical (unpaired) electrons. The third-order valence-corrected chi connectivity index (χ3v) is 3.79. The normalized spacial score (nSPS) is 18.5. The van der Waals surface area contributed by atoms with E-state index in [1.165, 1.54) is 0 Å². The molecule has 22 heavy (non-hydrogen) atoms. The molecule has 5 nitrogen and oxygen atoms in total. The van der Waals surface area contributed by atoms with E-state index >= 15 is 0 Å². The number of urea groups is 1. The molecule has 0 bridgehead atoms. The molecule has 0 saturated carbocycles. The van der Waals surface area contributed by atoms with Gasteiger partial charge in [-0.15, -0.1) is 0 Å². The van der Waals surface area contributed by atoms with Gasteiger partial charge in [0.1, 0.15) is 0 Å². The van der Waals surface area contributed by atoms with E-state index in [0.717, 1.165) is 17.7 Å². The molecular formula is C17H26N2O3. The van der Waals surface area contributed by atoms with Crippen LogP contribution in [0.15, 0.2) is 24.3 Å². The Balaban J connectivity index is 2.06. The predicted octanol–water partition coefficient (Wildman–Crippen LogP) is 3.11. The highest BCUT2D eigenvalue weighted by atomic mass is 16.5. The summed E-state index contributed by atoms with van der Waals surface area (Å²) in [7, 11) is 1.65. The average molecular weight is 306 g/mol. The van der Waals surface area contributed by atoms with Gasteiger partial charge in [0.05, 0.1) is 25.9 Å². The first-order chi connectivity index (χ1) is 10.6. The van der Waals surface area contributed by atoms with Crippen molar-refractivity contribution in [1.82, 2.24) is 4.90 Å². The van der Waals surface area contributed by atoms with E-state index in [1.807, 2.05) is 29.2 Å². The molecule has 1 aliphatic rings. The largest absolute Gasteiger partial charge is 0.380 e. The number of amides is 2. The molecule has 1 heterocycles. The van der Waals surface area contributed by atoms with Gasteiger partial charge >= 0.3 is 6.03 Å². The fourth-order valence-electron chi connectivity index (χ4n) is 2.77. The van der Waals surface area contributed by atoms with Crippen molar-refractivity contribution in [2.45, 2.75) is 32.9 Å². The van der Waals surface area contributed by atoms with Crippen LogP contribution in [0.1, 0.15) is 25.8 Å². The fraction of sp³-hybridized carbons (Fsp3) is 0.588. The topological polar surface area (TPSA) is 50.8 Å². The zero-order valence-corrected chi connectivity index (χ0v) is 13.7. The standard InChI is InChI=1S/C17H26N2O3/c1-13(2)10-15-12-22-9-8-19(15)17(20)18-16-7-5-4-6-14(16)11-21-3/h4-7,13,15H,8-12H2,1-3H3,(H,18,20)/t15-/m0/s1. The second-order valence-corrected chi connectivity index (χ2v) is 6.07. The zero-order valence-electron chi connectivity index (χ0n) is 13.7. The van der Waals surface area contributed by atoms with Crippen molar-refractivity contribution in [3.8, 4) is 0 Å². The lowest BCUT2D eigenvalue weighted by atomic mass is 10.0. The van der Waals surface area contributed by atoms with Crippen molar-refractivity contribution in [3.63, 3.8) is 0 Å². The van der Waals surface area contributed by atoms with Crippen molar-refractivity contribution in [2.24, 2.45) is 5.92 Å². The van der Waals surface area contributed by atoms with Crippen molar-refractivity contribution >= 4 is 11.7 Å². The summed E-state index contributed by atoms with van der Waals surface area (Å²) in [6.45, 7) is 6.66. The Hall–Kier alpha value is -1.59. The van der Waals surface area contributed by atoms with Crippen molar-refractivity contribution in [3.05, 3.63) is 29.8 Å². The van der Waals surface area contributed by atoms with Crippen LogP contribution in [-0.2, 0) is 16.1 Å². The lowest BCUT2D eigenvalue weighted by Gasteiger charge is -2.36. The minimum absolute atomic E-state index is 0.0579. The van der Waals surface area contributed by atoms with Crippen LogP contribution in [-0.4, -0.2) is 43.8 Å². The number of carbonyl (C=O) groups excluding carboxylic acids is 1. The summed E-state index contributed by atoms with van der Waals surface area (Å²) >= 11 is 0. The fourth-order valence-corrected chi connectivity index (χ4v) is 2.77. The van der Waals surface area contributed by atoms with Gasteiger partial charge in [0, 0.05) is 24.9 Å². The summed E-state index contributed by atoms with van der Waals surface area (Å²) in [6, 6.07) is 7.81. The lowest BCUT2D eigenvalue weighted by molar-refractivity contribution is 0.00856. The van der Waals surface area contributed by atoms with Crippen molar-refractivity contribution in [2.75, 3.05) is 32.2 Å². The molecule has 2 amide bonds. The van der Waals surface area contributed by atoms with Gasteiger partial charge in [-0.2, -0.15) is 0 Å². The molecular weight excluding hydrogens is 280 g/mol. The van der Waals surface area contributed by atoms with Crippen LogP contribution in [0, 0.1) is 5.92 Å². The Morgan fingerprint density at radius 1 is 1.45 bits per heavy atom. The quantitative estimate of drug-likeness (QED) is 0.909. The molecule has 5 heteroatoms. The Morgan fingerprint density at radius 2 is 2.23 bits per heavy atom. The number of anilines is 1. The number of nitrogens with one attached hydrogen (secondary N) is 1. The van der Waals surface area contributed by atoms with Crippen molar-refractivity contribution in [1.29, 1.82) is 0 Å². The average Bonchev–Trinajstić information content (AvgIpc) is 2.49. The Bertz CT molecular complexity index is 491. The summed E-state index contributed by atoms with van der Waals surface area (Å²) in [5.41, 5.74) is 1.79. The molecule has 2 rings (SSSR count).